The minimum Gasteiger partial charge on any atom is -0.444 e. The number of nitrogens with two attached hydrogens (primary N) is 1. The van der Waals surface area contributed by atoms with Gasteiger partial charge in [-0.3, -0.25) is 0 Å². The van der Waals surface area contributed by atoms with E-state index in [0.29, 0.717) is 19.6 Å². The monoisotopic (exact) mass is 327 g/mol. The highest BCUT2D eigenvalue weighted by atomic mass is 32.1. The predicted molar refractivity (Wildman–Crippen MR) is 88.0 cm³/mol. The predicted octanol–water partition coefficient (Wildman–Crippen LogP) is 2.05. The van der Waals surface area contributed by atoms with Crippen LogP contribution in [0.3, 0.4) is 0 Å². The minimum absolute atomic E-state index is 0.0475. The topological polar surface area (TPSA) is 76.8 Å². The second kappa shape index (κ2) is 6.85. The lowest BCUT2D eigenvalue weighted by Gasteiger charge is -2.24. The van der Waals surface area contributed by atoms with E-state index in [1.165, 1.54) is 0 Å². The first-order chi connectivity index (χ1) is 10.3. The summed E-state index contributed by atoms with van der Waals surface area (Å²) in [6.07, 6.45) is -0.344. The van der Waals surface area contributed by atoms with Gasteiger partial charge in [0.25, 0.3) is 0 Å². The second-order valence-corrected chi connectivity index (χ2v) is 7.45. The van der Waals surface area contributed by atoms with Crippen LogP contribution < -0.4 is 11.1 Å². The van der Waals surface area contributed by atoms with Crippen LogP contribution >= 0.6 is 11.3 Å². The molecule has 2 heterocycles. The molecule has 0 radical (unpaired) electrons. The molecule has 1 aliphatic heterocycles. The number of carbonyl (C=O) groups excluding carboxylic acids is 1. The highest BCUT2D eigenvalue weighted by molar-refractivity contribution is 7.10. The van der Waals surface area contributed by atoms with Crippen LogP contribution in [0, 0.1) is 0 Å². The van der Waals surface area contributed by atoms with Gasteiger partial charge in [-0.2, -0.15) is 0 Å². The van der Waals surface area contributed by atoms with E-state index in [9.17, 15) is 4.79 Å². The summed E-state index contributed by atoms with van der Waals surface area (Å²) < 4.78 is 10.9. The number of methoxy groups -OCH3 is 1. The highest BCUT2D eigenvalue weighted by Gasteiger charge is 2.37. The number of carbonyl (C=O) groups is 1. The molecule has 1 fully saturated rings. The lowest BCUT2D eigenvalue weighted by Crippen LogP contribution is -2.40. The Morgan fingerprint density at radius 2 is 2.23 bits per heavy atom. The summed E-state index contributed by atoms with van der Waals surface area (Å²) in [6.45, 7) is 7.37. The van der Waals surface area contributed by atoms with Crippen LogP contribution in [-0.4, -0.2) is 48.9 Å². The van der Waals surface area contributed by atoms with Gasteiger partial charge in [0.1, 0.15) is 5.60 Å². The average molecular weight is 327 g/mol. The number of hydrogen-bond acceptors (Lipinski definition) is 6. The summed E-state index contributed by atoms with van der Waals surface area (Å²) in [5, 5.41) is 5.40. The quantitative estimate of drug-likeness (QED) is 0.885. The number of anilines is 1. The molecule has 1 saturated heterocycles. The van der Waals surface area contributed by atoms with E-state index in [-0.39, 0.29) is 18.2 Å². The number of nitrogens with zero attached hydrogens (tertiary/aromatic N) is 1. The first-order valence-electron chi connectivity index (χ1n) is 7.36. The van der Waals surface area contributed by atoms with Gasteiger partial charge in [0.15, 0.2) is 0 Å². The van der Waals surface area contributed by atoms with Gasteiger partial charge in [-0.25, -0.2) is 4.79 Å². The van der Waals surface area contributed by atoms with Crippen molar-refractivity contribution < 1.29 is 14.3 Å². The number of likely N-dealkylation sites (tertiary alicyclic amines) is 1. The molecule has 0 saturated carbocycles. The Bertz CT molecular complexity index is 512. The molecule has 3 N–H and O–H groups in total. The molecular formula is C15H25N3O3S. The summed E-state index contributed by atoms with van der Waals surface area (Å²) in [5.74, 6) is 0. The summed E-state index contributed by atoms with van der Waals surface area (Å²) in [4.78, 5) is 14.9. The standard InChI is InChI=1S/C15H25N3O3S/c1-15(2,3)21-14(19)18-8-11(12(9-18)20-4)17-7-13-10(16)5-6-22-13/h5-6,11-12,17H,7-9,16H2,1-4H3/t11?,12-/m0/s1. The van der Waals surface area contributed by atoms with Gasteiger partial charge in [0, 0.05) is 30.8 Å². The van der Waals surface area contributed by atoms with Gasteiger partial charge in [-0.1, -0.05) is 0 Å². The van der Waals surface area contributed by atoms with Gasteiger partial charge in [0.05, 0.1) is 18.7 Å². The molecule has 0 bridgehead atoms. The smallest absolute Gasteiger partial charge is 0.410 e. The molecule has 22 heavy (non-hydrogen) atoms. The fraction of sp³-hybridized carbons (Fsp3) is 0.667. The number of nitrogens with one attached hydrogen (secondary N) is 1. The molecule has 2 atom stereocenters. The number of nitrogen functional groups attached to an aromatic ring is 1. The van der Waals surface area contributed by atoms with Gasteiger partial charge in [0.2, 0.25) is 0 Å². The molecule has 0 aliphatic carbocycles. The molecular weight excluding hydrogens is 302 g/mol. The van der Waals surface area contributed by atoms with Crippen LogP contribution in [0.2, 0.25) is 0 Å². The Morgan fingerprint density at radius 1 is 1.50 bits per heavy atom. The summed E-state index contributed by atoms with van der Waals surface area (Å²) in [7, 11) is 1.66. The Morgan fingerprint density at radius 3 is 2.77 bits per heavy atom. The molecule has 1 amide bonds. The van der Waals surface area contributed by atoms with Crippen molar-refractivity contribution >= 4 is 23.1 Å². The van der Waals surface area contributed by atoms with E-state index in [4.69, 9.17) is 15.2 Å². The molecule has 0 spiro atoms. The first-order valence-corrected chi connectivity index (χ1v) is 8.24. The van der Waals surface area contributed by atoms with Crippen molar-refractivity contribution in [3.8, 4) is 0 Å². The van der Waals surface area contributed by atoms with Crippen LogP contribution in [0.25, 0.3) is 0 Å². The van der Waals surface area contributed by atoms with Gasteiger partial charge >= 0.3 is 6.09 Å². The van der Waals surface area contributed by atoms with Crippen LogP contribution in [0.1, 0.15) is 25.6 Å². The summed E-state index contributed by atoms with van der Waals surface area (Å²) in [6, 6.07) is 1.97. The molecule has 6 nitrogen and oxygen atoms in total. The fourth-order valence-corrected chi connectivity index (χ4v) is 3.15. The van der Waals surface area contributed by atoms with Crippen molar-refractivity contribution in [2.75, 3.05) is 25.9 Å². The van der Waals surface area contributed by atoms with Crippen LogP contribution in [0.5, 0.6) is 0 Å². The van der Waals surface area contributed by atoms with E-state index in [2.05, 4.69) is 5.32 Å². The Hall–Kier alpha value is -1.31. The SMILES string of the molecule is CO[C@H]1CN(C(=O)OC(C)(C)C)CC1NCc1sccc1N. The molecule has 1 aliphatic rings. The molecule has 1 aromatic heterocycles. The van der Waals surface area contributed by atoms with Crippen molar-refractivity contribution in [3.05, 3.63) is 16.3 Å². The maximum absolute atomic E-state index is 12.2. The number of thiophene rings is 1. The molecule has 1 aromatic rings. The summed E-state index contributed by atoms with van der Waals surface area (Å²) in [5.41, 5.74) is 6.20. The molecule has 2 rings (SSSR count). The molecule has 1 unspecified atom stereocenters. The minimum atomic E-state index is -0.489. The lowest BCUT2D eigenvalue weighted by atomic mass is 10.2. The van der Waals surface area contributed by atoms with Crippen molar-refractivity contribution in [2.45, 2.75) is 45.1 Å². The Balaban J connectivity index is 1.92. The number of ether oxygens (including phenoxy) is 2. The van der Waals surface area contributed by atoms with Crippen molar-refractivity contribution in [3.63, 3.8) is 0 Å². The van der Waals surface area contributed by atoms with Crippen LogP contribution in [0.15, 0.2) is 11.4 Å². The van der Waals surface area contributed by atoms with Gasteiger partial charge < -0.3 is 25.4 Å². The molecule has 7 heteroatoms. The zero-order valence-corrected chi connectivity index (χ0v) is 14.4. The third-order valence-corrected chi connectivity index (χ3v) is 4.46. The average Bonchev–Trinajstić information content (AvgIpc) is 3.00. The molecule has 124 valence electrons. The third-order valence-electron chi connectivity index (χ3n) is 3.53. The van der Waals surface area contributed by atoms with Crippen molar-refractivity contribution in [1.29, 1.82) is 0 Å². The highest BCUT2D eigenvalue weighted by Crippen LogP contribution is 2.21. The largest absolute Gasteiger partial charge is 0.444 e. The van der Waals surface area contributed by atoms with E-state index in [1.54, 1.807) is 23.3 Å². The maximum Gasteiger partial charge on any atom is 0.410 e. The van der Waals surface area contributed by atoms with E-state index in [1.807, 2.05) is 32.2 Å². The lowest BCUT2D eigenvalue weighted by molar-refractivity contribution is 0.0252. The zero-order valence-electron chi connectivity index (χ0n) is 13.6. The first kappa shape index (κ1) is 17.1. The number of amides is 1. The summed E-state index contributed by atoms with van der Waals surface area (Å²) >= 11 is 1.62. The maximum atomic E-state index is 12.2. The van der Waals surface area contributed by atoms with Gasteiger partial charge in [-0.15, -0.1) is 11.3 Å². The number of rotatable bonds is 4. The fourth-order valence-electron chi connectivity index (χ4n) is 2.40. The Kier molecular flexibility index (Phi) is 5.31. The second-order valence-electron chi connectivity index (χ2n) is 6.45. The third kappa shape index (κ3) is 4.34. The number of hydrogen-bond donors (Lipinski definition) is 2. The van der Waals surface area contributed by atoms with Crippen molar-refractivity contribution in [2.24, 2.45) is 0 Å². The zero-order chi connectivity index (χ0) is 16.3. The van der Waals surface area contributed by atoms with E-state index in [0.717, 1.165) is 10.6 Å². The van der Waals surface area contributed by atoms with E-state index < -0.39 is 5.60 Å². The normalized spacial score (nSPS) is 22.1. The molecule has 0 aromatic carbocycles. The Labute approximate surface area is 135 Å². The van der Waals surface area contributed by atoms with Crippen LogP contribution in [0.4, 0.5) is 10.5 Å². The van der Waals surface area contributed by atoms with Crippen molar-refractivity contribution in [1.82, 2.24) is 10.2 Å². The van der Waals surface area contributed by atoms with E-state index >= 15 is 0 Å². The van der Waals surface area contributed by atoms with Gasteiger partial charge in [-0.05, 0) is 32.2 Å². The van der Waals surface area contributed by atoms with Crippen LogP contribution in [-0.2, 0) is 16.0 Å².